The largest absolute Gasteiger partial charge is 0.323 e. The van der Waals surface area contributed by atoms with Crippen molar-refractivity contribution in [3.8, 4) is 0 Å². The molecule has 4 nitrogen and oxygen atoms in total. The average Bonchev–Trinajstić information content (AvgIpc) is 2.34. The summed E-state index contributed by atoms with van der Waals surface area (Å²) in [7, 11) is 5.90. The fourth-order valence-electron chi connectivity index (χ4n) is 1.58. The SMILES string of the molecule is C1CCNCC1.CN1CCNCC1.CNC. The van der Waals surface area contributed by atoms with Crippen molar-refractivity contribution in [3.05, 3.63) is 0 Å². The first-order valence-corrected chi connectivity index (χ1v) is 6.49. The maximum Gasteiger partial charge on any atom is 0.0104 e. The lowest BCUT2D eigenvalue weighted by Crippen LogP contribution is -2.40. The molecule has 2 aliphatic rings. The molecule has 0 unspecified atom stereocenters. The van der Waals surface area contributed by atoms with Crippen molar-refractivity contribution in [1.82, 2.24) is 20.9 Å². The zero-order chi connectivity index (χ0) is 12.1. The summed E-state index contributed by atoms with van der Waals surface area (Å²) in [5.41, 5.74) is 0. The van der Waals surface area contributed by atoms with E-state index in [1.54, 1.807) is 0 Å². The van der Waals surface area contributed by atoms with Crippen LogP contribution in [0.2, 0.25) is 0 Å². The second kappa shape index (κ2) is 12.9. The molecule has 0 radical (unpaired) electrons. The van der Waals surface area contributed by atoms with E-state index in [0.717, 1.165) is 13.1 Å². The van der Waals surface area contributed by atoms with E-state index in [9.17, 15) is 0 Å². The molecule has 0 saturated carbocycles. The summed E-state index contributed by atoms with van der Waals surface area (Å²) in [6.07, 6.45) is 4.22. The molecule has 2 fully saturated rings. The summed E-state index contributed by atoms with van der Waals surface area (Å²) in [5.74, 6) is 0. The Kier molecular flexibility index (Phi) is 12.8. The number of hydrogen-bond acceptors (Lipinski definition) is 4. The molecule has 2 aliphatic heterocycles. The van der Waals surface area contributed by atoms with Crippen molar-refractivity contribution in [2.45, 2.75) is 19.3 Å². The Balaban J connectivity index is 0.000000230. The van der Waals surface area contributed by atoms with Crippen molar-refractivity contribution in [1.29, 1.82) is 0 Å². The van der Waals surface area contributed by atoms with Gasteiger partial charge in [0.25, 0.3) is 0 Å². The molecule has 98 valence electrons. The first kappa shape index (κ1) is 15.8. The summed E-state index contributed by atoms with van der Waals surface area (Å²) >= 11 is 0. The number of rotatable bonds is 0. The normalized spacial score (nSPS) is 21.2. The van der Waals surface area contributed by atoms with E-state index in [2.05, 4.69) is 27.9 Å². The highest BCUT2D eigenvalue weighted by atomic mass is 15.2. The zero-order valence-electron chi connectivity index (χ0n) is 11.3. The van der Waals surface area contributed by atoms with Crippen LogP contribution in [0.15, 0.2) is 0 Å². The van der Waals surface area contributed by atoms with E-state index in [1.807, 2.05) is 14.1 Å². The maximum atomic E-state index is 3.28. The molecule has 0 aliphatic carbocycles. The predicted octanol–water partition coefficient (Wildman–Crippen LogP) is 0.117. The third-order valence-electron chi connectivity index (χ3n) is 2.55. The van der Waals surface area contributed by atoms with Crippen LogP contribution in [0.3, 0.4) is 0 Å². The molecular formula is C12H30N4. The molecule has 16 heavy (non-hydrogen) atoms. The van der Waals surface area contributed by atoms with Crippen molar-refractivity contribution in [3.63, 3.8) is 0 Å². The Morgan fingerprint density at radius 3 is 1.44 bits per heavy atom. The second-order valence-corrected chi connectivity index (χ2v) is 4.36. The summed E-state index contributed by atoms with van der Waals surface area (Å²) in [5, 5.41) is 9.31. The van der Waals surface area contributed by atoms with Crippen LogP contribution in [-0.2, 0) is 0 Å². The van der Waals surface area contributed by atoms with E-state index in [4.69, 9.17) is 0 Å². The summed E-state index contributed by atoms with van der Waals surface area (Å²) in [6.45, 7) is 7.24. The highest BCUT2D eigenvalue weighted by molar-refractivity contribution is 4.62. The monoisotopic (exact) mass is 230 g/mol. The van der Waals surface area contributed by atoms with Crippen LogP contribution in [0.4, 0.5) is 0 Å². The van der Waals surface area contributed by atoms with Gasteiger partial charge in [-0.25, -0.2) is 0 Å². The minimum Gasteiger partial charge on any atom is -0.323 e. The third kappa shape index (κ3) is 11.9. The van der Waals surface area contributed by atoms with Gasteiger partial charge in [-0.2, -0.15) is 0 Å². The topological polar surface area (TPSA) is 39.3 Å². The fraction of sp³-hybridized carbons (Fsp3) is 1.00. The summed E-state index contributed by atoms with van der Waals surface area (Å²) in [4.78, 5) is 2.33. The molecular weight excluding hydrogens is 200 g/mol. The lowest BCUT2D eigenvalue weighted by atomic mass is 10.2. The van der Waals surface area contributed by atoms with E-state index < -0.39 is 0 Å². The highest BCUT2D eigenvalue weighted by Gasteiger charge is 2.01. The molecule has 0 aromatic heterocycles. The lowest BCUT2D eigenvalue weighted by Gasteiger charge is -2.21. The molecule has 2 heterocycles. The first-order valence-electron chi connectivity index (χ1n) is 6.49. The van der Waals surface area contributed by atoms with Crippen LogP contribution in [0.25, 0.3) is 0 Å². The Bertz CT molecular complexity index is 109. The van der Waals surface area contributed by atoms with E-state index in [0.29, 0.717) is 0 Å². The minimum absolute atomic E-state index is 1.16. The van der Waals surface area contributed by atoms with Gasteiger partial charge < -0.3 is 20.9 Å². The number of nitrogens with zero attached hydrogens (tertiary/aromatic N) is 1. The molecule has 0 atom stereocenters. The maximum absolute atomic E-state index is 3.28. The Hall–Kier alpha value is -0.160. The van der Waals surface area contributed by atoms with Gasteiger partial charge in [-0.1, -0.05) is 6.42 Å². The van der Waals surface area contributed by atoms with E-state index >= 15 is 0 Å². The van der Waals surface area contributed by atoms with Crippen molar-refractivity contribution < 1.29 is 0 Å². The summed E-state index contributed by atoms with van der Waals surface area (Å²) in [6, 6.07) is 0. The van der Waals surface area contributed by atoms with Gasteiger partial charge in [0.15, 0.2) is 0 Å². The van der Waals surface area contributed by atoms with Crippen molar-refractivity contribution >= 4 is 0 Å². The van der Waals surface area contributed by atoms with Gasteiger partial charge in [-0.3, -0.25) is 0 Å². The van der Waals surface area contributed by atoms with Crippen LogP contribution < -0.4 is 16.0 Å². The molecule has 2 saturated heterocycles. The number of likely N-dealkylation sites (N-methyl/N-ethyl adjacent to an activating group) is 1. The Morgan fingerprint density at radius 1 is 0.812 bits per heavy atom. The summed E-state index contributed by atoms with van der Waals surface area (Å²) < 4.78 is 0. The number of hydrogen-bond donors (Lipinski definition) is 3. The molecule has 3 N–H and O–H groups in total. The molecule has 2 rings (SSSR count). The van der Waals surface area contributed by atoms with Crippen LogP contribution in [0, 0.1) is 0 Å². The van der Waals surface area contributed by atoms with Gasteiger partial charge in [0.2, 0.25) is 0 Å². The highest BCUT2D eigenvalue weighted by Crippen LogP contribution is 1.96. The van der Waals surface area contributed by atoms with E-state index in [-0.39, 0.29) is 0 Å². The molecule has 0 bridgehead atoms. The number of piperidine rings is 1. The Labute approximate surface area is 101 Å². The lowest BCUT2D eigenvalue weighted by molar-refractivity contribution is 0.291. The van der Waals surface area contributed by atoms with Crippen molar-refractivity contribution in [2.24, 2.45) is 0 Å². The van der Waals surface area contributed by atoms with E-state index in [1.165, 1.54) is 45.4 Å². The van der Waals surface area contributed by atoms with Crippen LogP contribution in [0.5, 0.6) is 0 Å². The van der Waals surface area contributed by atoms with Gasteiger partial charge in [0, 0.05) is 26.2 Å². The quantitative estimate of drug-likeness (QED) is 0.553. The van der Waals surface area contributed by atoms with Gasteiger partial charge in [-0.05, 0) is 47.1 Å². The van der Waals surface area contributed by atoms with Crippen LogP contribution in [-0.4, -0.2) is 65.3 Å². The molecule has 0 aromatic carbocycles. The van der Waals surface area contributed by atoms with Gasteiger partial charge in [-0.15, -0.1) is 0 Å². The van der Waals surface area contributed by atoms with Crippen LogP contribution in [0.1, 0.15) is 19.3 Å². The molecule has 0 amide bonds. The standard InChI is InChI=1S/C5H12N2.C5H11N.C2H7N/c1-7-4-2-6-3-5-7;1-2-4-6-5-3-1;1-3-2/h6H,2-5H2,1H3;6H,1-5H2;3H,1-2H3. The predicted molar refractivity (Wildman–Crippen MR) is 72.1 cm³/mol. The van der Waals surface area contributed by atoms with Gasteiger partial charge in [0.1, 0.15) is 0 Å². The van der Waals surface area contributed by atoms with Gasteiger partial charge in [0.05, 0.1) is 0 Å². The van der Waals surface area contributed by atoms with Crippen molar-refractivity contribution in [2.75, 3.05) is 60.4 Å². The average molecular weight is 230 g/mol. The fourth-order valence-corrected chi connectivity index (χ4v) is 1.58. The third-order valence-corrected chi connectivity index (χ3v) is 2.55. The zero-order valence-corrected chi connectivity index (χ0v) is 11.3. The first-order chi connectivity index (χ1) is 7.81. The Morgan fingerprint density at radius 2 is 1.25 bits per heavy atom. The second-order valence-electron chi connectivity index (χ2n) is 4.36. The van der Waals surface area contributed by atoms with Gasteiger partial charge >= 0.3 is 0 Å². The molecule has 0 spiro atoms. The number of nitrogens with one attached hydrogen (secondary N) is 3. The minimum atomic E-state index is 1.16. The molecule has 4 heteroatoms. The smallest absolute Gasteiger partial charge is 0.0104 e. The number of piperazine rings is 1. The van der Waals surface area contributed by atoms with Crippen LogP contribution >= 0.6 is 0 Å². The molecule has 0 aromatic rings.